The molecule has 0 spiro atoms. The standard InChI is InChI=1S/C19H14N6O4S2/c26-16(23-19-22-14-7-6-13(25(28)29)9-15(14)31-19)8-12-10-30-18(21-12)24-17(27)20-11-4-2-1-3-5-11/h1-7,9-10H,8H2,(H,22,23,26)(H2,20,21,24,27). The van der Waals surface area contributed by atoms with Gasteiger partial charge in [-0.05, 0) is 18.2 Å². The molecule has 3 amide bonds. The second-order valence-corrected chi connectivity index (χ2v) is 8.13. The van der Waals surface area contributed by atoms with Crippen LogP contribution >= 0.6 is 22.7 Å². The third-order valence-electron chi connectivity index (χ3n) is 3.97. The lowest BCUT2D eigenvalue weighted by Gasteiger charge is -2.04. The molecule has 2 heterocycles. The molecule has 156 valence electrons. The van der Waals surface area contributed by atoms with Crippen molar-refractivity contribution in [2.45, 2.75) is 6.42 Å². The topological polar surface area (TPSA) is 139 Å². The summed E-state index contributed by atoms with van der Waals surface area (Å²) >= 11 is 2.36. The van der Waals surface area contributed by atoms with Crippen molar-refractivity contribution in [1.82, 2.24) is 9.97 Å². The molecule has 10 nitrogen and oxygen atoms in total. The van der Waals surface area contributed by atoms with Crippen molar-refractivity contribution in [1.29, 1.82) is 0 Å². The molecule has 0 aliphatic carbocycles. The van der Waals surface area contributed by atoms with Gasteiger partial charge in [-0.25, -0.2) is 14.8 Å². The predicted molar refractivity (Wildman–Crippen MR) is 120 cm³/mol. The van der Waals surface area contributed by atoms with Gasteiger partial charge in [0.1, 0.15) is 0 Å². The third kappa shape index (κ3) is 5.18. The average molecular weight is 454 g/mol. The summed E-state index contributed by atoms with van der Waals surface area (Å²) in [6, 6.07) is 12.9. The van der Waals surface area contributed by atoms with Gasteiger partial charge >= 0.3 is 6.03 Å². The molecule has 2 aromatic carbocycles. The highest BCUT2D eigenvalue weighted by molar-refractivity contribution is 7.22. The quantitative estimate of drug-likeness (QED) is 0.290. The molecule has 0 fully saturated rings. The summed E-state index contributed by atoms with van der Waals surface area (Å²) in [5.41, 5.74) is 1.68. The van der Waals surface area contributed by atoms with Crippen molar-refractivity contribution in [3.63, 3.8) is 0 Å². The number of nitrogens with one attached hydrogen (secondary N) is 3. The minimum atomic E-state index is -0.481. The molecule has 4 aromatic rings. The Balaban J connectivity index is 1.34. The number of carbonyl (C=O) groups excluding carboxylic acids is 2. The SMILES string of the molecule is O=C(Cc1csc(NC(=O)Nc2ccccc2)n1)Nc1nc2ccc([N+](=O)[O-])cc2s1. The number of hydrogen-bond donors (Lipinski definition) is 3. The molecule has 0 aliphatic heterocycles. The summed E-state index contributed by atoms with van der Waals surface area (Å²) in [6.45, 7) is 0. The van der Waals surface area contributed by atoms with Gasteiger partial charge < -0.3 is 10.6 Å². The largest absolute Gasteiger partial charge is 0.325 e. The molecule has 0 bridgehead atoms. The van der Waals surface area contributed by atoms with Gasteiger partial charge in [0.15, 0.2) is 10.3 Å². The van der Waals surface area contributed by atoms with Gasteiger partial charge in [-0.1, -0.05) is 29.5 Å². The number of non-ortho nitro benzene ring substituents is 1. The number of anilines is 3. The average Bonchev–Trinajstić information content (AvgIpc) is 3.33. The van der Waals surface area contributed by atoms with E-state index in [0.29, 0.717) is 31.9 Å². The van der Waals surface area contributed by atoms with E-state index in [1.807, 2.05) is 18.2 Å². The number of nitrogens with zero attached hydrogens (tertiary/aromatic N) is 3. The van der Waals surface area contributed by atoms with Gasteiger partial charge in [-0.3, -0.25) is 20.2 Å². The van der Waals surface area contributed by atoms with Gasteiger partial charge in [0, 0.05) is 23.2 Å². The first-order valence-electron chi connectivity index (χ1n) is 8.88. The zero-order valence-electron chi connectivity index (χ0n) is 15.7. The van der Waals surface area contributed by atoms with Crippen LogP contribution in [-0.4, -0.2) is 26.8 Å². The fourth-order valence-electron chi connectivity index (χ4n) is 2.63. The molecule has 0 radical (unpaired) electrons. The molecule has 31 heavy (non-hydrogen) atoms. The van der Waals surface area contributed by atoms with Crippen LogP contribution < -0.4 is 16.0 Å². The molecule has 0 saturated heterocycles. The van der Waals surface area contributed by atoms with Gasteiger partial charge in [0.2, 0.25) is 5.91 Å². The highest BCUT2D eigenvalue weighted by Crippen LogP contribution is 2.29. The number of nitro groups is 1. The number of amides is 3. The van der Waals surface area contributed by atoms with Crippen LogP contribution in [0.3, 0.4) is 0 Å². The second kappa shape index (κ2) is 8.85. The number of thiazole rings is 2. The minimum absolute atomic E-state index is 0.00540. The number of hydrogen-bond acceptors (Lipinski definition) is 8. The Bertz CT molecular complexity index is 1270. The highest BCUT2D eigenvalue weighted by atomic mass is 32.1. The monoisotopic (exact) mass is 454 g/mol. The fourth-order valence-corrected chi connectivity index (χ4v) is 4.26. The molecule has 12 heteroatoms. The lowest BCUT2D eigenvalue weighted by Crippen LogP contribution is -2.19. The number of para-hydroxylation sites is 1. The molecule has 3 N–H and O–H groups in total. The van der Waals surface area contributed by atoms with Crippen LogP contribution in [0.4, 0.5) is 26.4 Å². The number of urea groups is 1. The minimum Gasteiger partial charge on any atom is -0.308 e. The normalized spacial score (nSPS) is 10.6. The summed E-state index contributed by atoms with van der Waals surface area (Å²) in [6.07, 6.45) is -0.00540. The Hall–Kier alpha value is -3.90. The molecule has 0 unspecified atom stereocenters. The van der Waals surface area contributed by atoms with Crippen molar-refractivity contribution in [3.8, 4) is 0 Å². The van der Waals surface area contributed by atoms with Gasteiger partial charge in [-0.15, -0.1) is 11.3 Å². The summed E-state index contributed by atoms with van der Waals surface area (Å²) in [5, 5.41) is 21.3. The van der Waals surface area contributed by atoms with Crippen molar-refractivity contribution < 1.29 is 14.5 Å². The highest BCUT2D eigenvalue weighted by Gasteiger charge is 2.14. The maximum absolute atomic E-state index is 12.3. The van der Waals surface area contributed by atoms with Crippen LogP contribution in [0.15, 0.2) is 53.9 Å². The molecular formula is C19H14N6O4S2. The summed E-state index contributed by atoms with van der Waals surface area (Å²) in [5.74, 6) is -0.334. The first kappa shape index (κ1) is 20.4. The van der Waals surface area contributed by atoms with Crippen molar-refractivity contribution >= 4 is 66.5 Å². The lowest BCUT2D eigenvalue weighted by atomic mass is 10.3. The number of fused-ring (bicyclic) bond motifs is 1. The van der Waals surface area contributed by atoms with Crippen LogP contribution in [0.2, 0.25) is 0 Å². The maximum Gasteiger partial charge on any atom is 0.325 e. The number of rotatable bonds is 6. The van der Waals surface area contributed by atoms with Gasteiger partial charge in [0.05, 0.1) is 27.3 Å². The van der Waals surface area contributed by atoms with Crippen molar-refractivity contribution in [2.24, 2.45) is 0 Å². The summed E-state index contributed by atoms with van der Waals surface area (Å²) in [7, 11) is 0. The van der Waals surface area contributed by atoms with E-state index in [1.54, 1.807) is 23.6 Å². The predicted octanol–water partition coefficient (Wildman–Crippen LogP) is 4.49. The molecule has 0 atom stereocenters. The number of benzene rings is 2. The zero-order valence-corrected chi connectivity index (χ0v) is 17.3. The van der Waals surface area contributed by atoms with E-state index >= 15 is 0 Å². The molecule has 0 saturated carbocycles. The van der Waals surface area contributed by atoms with Gasteiger partial charge in [0.25, 0.3) is 5.69 Å². The first-order chi connectivity index (χ1) is 15.0. The van der Waals surface area contributed by atoms with E-state index in [2.05, 4.69) is 25.9 Å². The van der Waals surface area contributed by atoms with Crippen molar-refractivity contribution in [3.05, 3.63) is 69.7 Å². The Morgan fingerprint density at radius 2 is 1.81 bits per heavy atom. The number of nitro benzene ring substituents is 1. The van der Waals surface area contributed by atoms with Crippen molar-refractivity contribution in [2.75, 3.05) is 16.0 Å². The summed E-state index contributed by atoms with van der Waals surface area (Å²) < 4.78 is 0.606. The zero-order chi connectivity index (χ0) is 21.8. The Morgan fingerprint density at radius 3 is 2.58 bits per heavy atom. The first-order valence-corrected chi connectivity index (χ1v) is 10.6. The molecule has 2 aromatic heterocycles. The van der Waals surface area contributed by atoms with E-state index in [4.69, 9.17) is 0 Å². The van der Waals surface area contributed by atoms with E-state index in [1.165, 1.54) is 23.5 Å². The van der Waals surface area contributed by atoms with E-state index in [0.717, 1.165) is 11.3 Å². The second-order valence-electron chi connectivity index (χ2n) is 6.24. The van der Waals surface area contributed by atoms with Gasteiger partial charge in [-0.2, -0.15) is 0 Å². The third-order valence-corrected chi connectivity index (χ3v) is 5.71. The van der Waals surface area contributed by atoms with Crippen LogP contribution in [0.25, 0.3) is 10.2 Å². The van der Waals surface area contributed by atoms with E-state index in [9.17, 15) is 19.7 Å². The maximum atomic E-state index is 12.3. The molecule has 0 aliphatic rings. The lowest BCUT2D eigenvalue weighted by molar-refractivity contribution is -0.384. The van der Waals surface area contributed by atoms with E-state index in [-0.39, 0.29) is 18.0 Å². The number of carbonyl (C=O) groups is 2. The molecular weight excluding hydrogens is 440 g/mol. The van der Waals surface area contributed by atoms with Crippen LogP contribution in [0, 0.1) is 10.1 Å². The number of aromatic nitrogens is 2. The Labute approximate surface area is 183 Å². The summed E-state index contributed by atoms with van der Waals surface area (Å²) in [4.78, 5) is 43.2. The van der Waals surface area contributed by atoms with Crippen LogP contribution in [0.1, 0.15) is 5.69 Å². The smallest absolute Gasteiger partial charge is 0.308 e. The van der Waals surface area contributed by atoms with E-state index < -0.39 is 11.0 Å². The fraction of sp³-hybridized carbons (Fsp3) is 0.0526. The molecule has 4 rings (SSSR count). The Kier molecular flexibility index (Phi) is 5.82. The van der Waals surface area contributed by atoms with Crippen LogP contribution in [-0.2, 0) is 11.2 Å². The van der Waals surface area contributed by atoms with Crippen LogP contribution in [0.5, 0.6) is 0 Å². The Morgan fingerprint density at radius 1 is 1.00 bits per heavy atom.